The van der Waals surface area contributed by atoms with Crippen LogP contribution in [0.15, 0.2) is 36.9 Å². The van der Waals surface area contributed by atoms with Crippen molar-refractivity contribution in [2.45, 2.75) is 19.4 Å². The number of hydrogen-bond donors (Lipinski definition) is 1. The molecule has 0 radical (unpaired) electrons. The van der Waals surface area contributed by atoms with E-state index in [1.165, 1.54) is 6.20 Å². The van der Waals surface area contributed by atoms with Crippen molar-refractivity contribution in [3.05, 3.63) is 54.1 Å². The average molecular weight is 246 g/mol. The molecule has 0 spiro atoms. The summed E-state index contributed by atoms with van der Waals surface area (Å²) in [6.07, 6.45) is 7.04. The summed E-state index contributed by atoms with van der Waals surface area (Å²) in [6, 6.07) is 3.05. The molecule has 0 saturated heterocycles. The van der Waals surface area contributed by atoms with Gasteiger partial charge in [0.2, 0.25) is 0 Å². The van der Waals surface area contributed by atoms with Crippen molar-refractivity contribution in [1.29, 1.82) is 0 Å². The van der Waals surface area contributed by atoms with Crippen LogP contribution in [0.25, 0.3) is 0 Å². The highest BCUT2D eigenvalue weighted by molar-refractivity contribution is 5.23. The van der Waals surface area contributed by atoms with E-state index in [0.717, 1.165) is 13.0 Å². The molecule has 0 aliphatic rings. The fraction of sp³-hybridized carbons (Fsp3) is 0.308. The number of rotatable bonds is 5. The first-order chi connectivity index (χ1) is 8.83. The summed E-state index contributed by atoms with van der Waals surface area (Å²) < 4.78 is 13.8. The minimum Gasteiger partial charge on any atom is -0.304 e. The van der Waals surface area contributed by atoms with E-state index in [2.05, 4.69) is 27.2 Å². The van der Waals surface area contributed by atoms with Crippen molar-refractivity contribution in [2.24, 2.45) is 0 Å². The average Bonchev–Trinajstić information content (AvgIpc) is 2.42. The molecule has 0 saturated carbocycles. The Hall–Kier alpha value is -1.88. The number of pyridine rings is 1. The third-order valence-corrected chi connectivity index (χ3v) is 2.56. The molecule has 2 aromatic heterocycles. The second-order valence-corrected chi connectivity index (χ2v) is 3.89. The van der Waals surface area contributed by atoms with Gasteiger partial charge in [0.25, 0.3) is 0 Å². The zero-order chi connectivity index (χ0) is 12.8. The molecule has 0 fully saturated rings. The minimum atomic E-state index is -0.349. The Morgan fingerprint density at radius 2 is 2.06 bits per heavy atom. The van der Waals surface area contributed by atoms with Gasteiger partial charge in [0, 0.05) is 24.2 Å². The zero-order valence-corrected chi connectivity index (χ0v) is 10.2. The van der Waals surface area contributed by atoms with E-state index >= 15 is 0 Å². The molecular weight excluding hydrogens is 231 g/mol. The normalized spacial score (nSPS) is 12.3. The van der Waals surface area contributed by atoms with Crippen LogP contribution in [0.4, 0.5) is 4.39 Å². The predicted molar refractivity (Wildman–Crippen MR) is 66.4 cm³/mol. The highest BCUT2D eigenvalue weighted by atomic mass is 19.1. The predicted octanol–water partition coefficient (Wildman–Crippen LogP) is 2.10. The van der Waals surface area contributed by atoms with Crippen LogP contribution in [-0.4, -0.2) is 21.5 Å². The number of aromatic nitrogens is 3. The van der Waals surface area contributed by atoms with Gasteiger partial charge in [-0.05, 0) is 25.1 Å². The number of nitrogens with one attached hydrogen (secondary N) is 1. The molecule has 1 N–H and O–H groups in total. The minimum absolute atomic E-state index is 0.339. The quantitative estimate of drug-likeness (QED) is 0.877. The molecule has 2 rings (SSSR count). The van der Waals surface area contributed by atoms with Gasteiger partial charge in [-0.15, -0.1) is 0 Å². The number of hydrogen-bond acceptors (Lipinski definition) is 4. The molecule has 1 unspecified atom stereocenters. The zero-order valence-electron chi connectivity index (χ0n) is 10.2. The topological polar surface area (TPSA) is 50.7 Å². The van der Waals surface area contributed by atoms with Gasteiger partial charge in [-0.3, -0.25) is 4.98 Å². The van der Waals surface area contributed by atoms with E-state index in [1.807, 2.05) is 0 Å². The van der Waals surface area contributed by atoms with Gasteiger partial charge in [0.1, 0.15) is 11.6 Å². The van der Waals surface area contributed by atoms with Crippen LogP contribution in [0.2, 0.25) is 0 Å². The Labute approximate surface area is 105 Å². The molecule has 0 aliphatic heterocycles. The van der Waals surface area contributed by atoms with Gasteiger partial charge >= 0.3 is 0 Å². The maximum absolute atomic E-state index is 13.8. The Morgan fingerprint density at radius 3 is 2.72 bits per heavy atom. The maximum Gasteiger partial charge on any atom is 0.149 e. The standard InChI is InChI=1S/C13H15FN4/c1-2-5-16-12(13-17-6-3-7-18-13)10-4-8-15-9-11(10)14/h3-4,6-9,12,16H,2,5H2,1H3. The Kier molecular flexibility index (Phi) is 4.30. The Balaban J connectivity index is 2.34. The van der Waals surface area contributed by atoms with Crippen LogP contribution in [0.1, 0.15) is 30.8 Å². The molecule has 2 aromatic rings. The molecule has 5 heteroatoms. The summed E-state index contributed by atoms with van der Waals surface area (Å²) in [4.78, 5) is 12.1. The van der Waals surface area contributed by atoms with Gasteiger partial charge in [0.05, 0.1) is 12.2 Å². The van der Waals surface area contributed by atoms with Gasteiger partial charge < -0.3 is 5.32 Å². The fourth-order valence-corrected chi connectivity index (χ4v) is 1.71. The van der Waals surface area contributed by atoms with E-state index in [4.69, 9.17) is 0 Å². The highest BCUT2D eigenvalue weighted by Gasteiger charge is 2.19. The van der Waals surface area contributed by atoms with Crippen LogP contribution in [-0.2, 0) is 0 Å². The van der Waals surface area contributed by atoms with E-state index in [9.17, 15) is 4.39 Å². The van der Waals surface area contributed by atoms with E-state index < -0.39 is 0 Å². The Morgan fingerprint density at radius 1 is 1.28 bits per heavy atom. The third-order valence-electron chi connectivity index (χ3n) is 2.56. The van der Waals surface area contributed by atoms with Crippen LogP contribution >= 0.6 is 0 Å². The van der Waals surface area contributed by atoms with Gasteiger partial charge in [0.15, 0.2) is 0 Å². The van der Waals surface area contributed by atoms with Gasteiger partial charge in [-0.2, -0.15) is 0 Å². The molecule has 94 valence electrons. The summed E-state index contributed by atoms with van der Waals surface area (Å²) in [7, 11) is 0. The summed E-state index contributed by atoms with van der Waals surface area (Å²) in [5, 5.41) is 3.25. The lowest BCUT2D eigenvalue weighted by Gasteiger charge is -2.17. The highest BCUT2D eigenvalue weighted by Crippen LogP contribution is 2.20. The molecule has 1 atom stereocenters. The van der Waals surface area contributed by atoms with Crippen LogP contribution in [0, 0.1) is 5.82 Å². The monoisotopic (exact) mass is 246 g/mol. The lowest BCUT2D eigenvalue weighted by Crippen LogP contribution is -2.25. The van der Waals surface area contributed by atoms with Crippen molar-refractivity contribution in [2.75, 3.05) is 6.54 Å². The first-order valence-corrected chi connectivity index (χ1v) is 5.92. The molecule has 2 heterocycles. The number of nitrogens with zero attached hydrogens (tertiary/aromatic N) is 3. The Bertz CT molecular complexity index is 489. The van der Waals surface area contributed by atoms with Crippen LogP contribution < -0.4 is 5.32 Å². The second kappa shape index (κ2) is 6.16. The first kappa shape index (κ1) is 12.6. The summed E-state index contributed by atoms with van der Waals surface area (Å²) in [6.45, 7) is 2.82. The lowest BCUT2D eigenvalue weighted by atomic mass is 10.1. The van der Waals surface area contributed by atoms with Crippen molar-refractivity contribution >= 4 is 0 Å². The fourth-order valence-electron chi connectivity index (χ4n) is 1.71. The van der Waals surface area contributed by atoms with Gasteiger partial charge in [-0.1, -0.05) is 6.92 Å². The third kappa shape index (κ3) is 2.87. The molecule has 18 heavy (non-hydrogen) atoms. The largest absolute Gasteiger partial charge is 0.304 e. The molecule has 0 amide bonds. The van der Waals surface area contributed by atoms with Crippen molar-refractivity contribution in [3.8, 4) is 0 Å². The molecular formula is C13H15FN4. The second-order valence-electron chi connectivity index (χ2n) is 3.89. The van der Waals surface area contributed by atoms with Gasteiger partial charge in [-0.25, -0.2) is 14.4 Å². The van der Waals surface area contributed by atoms with Crippen molar-refractivity contribution < 1.29 is 4.39 Å². The molecule has 0 aliphatic carbocycles. The summed E-state index contributed by atoms with van der Waals surface area (Å²) in [5.41, 5.74) is 0.518. The van der Waals surface area contributed by atoms with Crippen molar-refractivity contribution in [3.63, 3.8) is 0 Å². The summed E-state index contributed by atoms with van der Waals surface area (Å²) >= 11 is 0. The number of halogens is 1. The lowest BCUT2D eigenvalue weighted by molar-refractivity contribution is 0.527. The molecule has 4 nitrogen and oxygen atoms in total. The van der Waals surface area contributed by atoms with Crippen LogP contribution in [0.5, 0.6) is 0 Å². The summed E-state index contributed by atoms with van der Waals surface area (Å²) in [5.74, 6) is 0.217. The van der Waals surface area contributed by atoms with E-state index in [0.29, 0.717) is 11.4 Å². The van der Waals surface area contributed by atoms with Crippen molar-refractivity contribution in [1.82, 2.24) is 20.3 Å². The smallest absolute Gasteiger partial charge is 0.149 e. The maximum atomic E-state index is 13.8. The van der Waals surface area contributed by atoms with E-state index in [1.54, 1.807) is 30.7 Å². The van der Waals surface area contributed by atoms with E-state index in [-0.39, 0.29) is 11.9 Å². The molecule has 0 bridgehead atoms. The molecule has 0 aromatic carbocycles. The van der Waals surface area contributed by atoms with Crippen LogP contribution in [0.3, 0.4) is 0 Å². The SMILES string of the molecule is CCCNC(c1ncccn1)c1ccncc1F. The first-order valence-electron chi connectivity index (χ1n) is 5.92.